The van der Waals surface area contributed by atoms with E-state index in [0.29, 0.717) is 37.0 Å². The maximum atomic E-state index is 14.0. The molecular formula is C29H36F2N6O2S. The number of benzene rings is 2. The molecule has 0 aliphatic carbocycles. The van der Waals surface area contributed by atoms with Crippen LogP contribution in [0.3, 0.4) is 0 Å². The molecule has 2 aromatic carbocycles. The minimum absolute atomic E-state index is 0.149. The van der Waals surface area contributed by atoms with Gasteiger partial charge in [0, 0.05) is 50.7 Å². The molecule has 0 saturated carbocycles. The van der Waals surface area contributed by atoms with E-state index in [2.05, 4.69) is 20.2 Å². The summed E-state index contributed by atoms with van der Waals surface area (Å²) in [6.45, 7) is 5.56. The summed E-state index contributed by atoms with van der Waals surface area (Å²) >= 11 is 0. The Kier molecular flexibility index (Phi) is 7.16. The van der Waals surface area contributed by atoms with Gasteiger partial charge < -0.3 is 15.1 Å². The van der Waals surface area contributed by atoms with Gasteiger partial charge in [-0.3, -0.25) is 0 Å². The minimum Gasteiger partial charge on any atom is -0.365 e. The Balaban J connectivity index is 1.28. The fourth-order valence-electron chi connectivity index (χ4n) is 6.28. The smallest absolute Gasteiger partial charge is 0.266 e. The van der Waals surface area contributed by atoms with Crippen LogP contribution in [0.4, 0.5) is 20.3 Å². The van der Waals surface area contributed by atoms with Gasteiger partial charge in [-0.25, -0.2) is 31.5 Å². The average molecular weight is 571 g/mol. The number of rotatable bonds is 6. The summed E-state index contributed by atoms with van der Waals surface area (Å²) in [5, 5.41) is 4.15. The fraction of sp³-hybridized carbons (Fsp3) is 0.517. The van der Waals surface area contributed by atoms with Crippen LogP contribution < -0.4 is 15.1 Å². The predicted octanol–water partition coefficient (Wildman–Crippen LogP) is 3.97. The number of fused-ring (bicyclic) bond motifs is 2. The van der Waals surface area contributed by atoms with E-state index in [-0.39, 0.29) is 13.0 Å². The van der Waals surface area contributed by atoms with Gasteiger partial charge in [0.2, 0.25) is 10.0 Å². The molecule has 2 saturated heterocycles. The third-order valence-electron chi connectivity index (χ3n) is 8.60. The first-order valence-electron chi connectivity index (χ1n) is 14.0. The van der Waals surface area contributed by atoms with E-state index in [4.69, 9.17) is 0 Å². The van der Waals surface area contributed by atoms with Crippen LogP contribution >= 0.6 is 0 Å². The Morgan fingerprint density at radius 2 is 1.88 bits per heavy atom. The van der Waals surface area contributed by atoms with E-state index in [9.17, 15) is 17.2 Å². The molecule has 0 unspecified atom stereocenters. The minimum atomic E-state index is -3.62. The van der Waals surface area contributed by atoms with E-state index < -0.39 is 15.9 Å². The van der Waals surface area contributed by atoms with Crippen molar-refractivity contribution in [3.63, 3.8) is 0 Å². The first kappa shape index (κ1) is 27.3. The molecule has 8 nitrogen and oxygen atoms in total. The highest BCUT2D eigenvalue weighted by molar-refractivity contribution is 7.89. The van der Waals surface area contributed by atoms with Crippen molar-refractivity contribution in [2.45, 2.75) is 50.0 Å². The molecule has 0 atom stereocenters. The van der Waals surface area contributed by atoms with Crippen molar-refractivity contribution in [2.75, 3.05) is 56.1 Å². The summed E-state index contributed by atoms with van der Waals surface area (Å²) < 4.78 is 56.4. The number of hydrogen-bond acceptors (Lipinski definition) is 7. The van der Waals surface area contributed by atoms with E-state index in [1.165, 1.54) is 4.31 Å². The van der Waals surface area contributed by atoms with Gasteiger partial charge in [0.1, 0.15) is 12.1 Å². The standard InChI is InChI=1S/C29H36F2N6O2S/c1-20-13-24(37-12-8-29(30,31)18-37)15-26-27(20)33-19-34-28(26)36-11-7-22-3-4-25(14-23(22)17-36)40(38,39)35(2)16-21-5-9-32-10-6-21/h3-4,13-15,19,21,32H,5-12,16-18H2,1-2H3. The van der Waals surface area contributed by atoms with Crippen molar-refractivity contribution in [1.82, 2.24) is 19.6 Å². The number of nitrogens with one attached hydrogen (secondary N) is 1. The summed E-state index contributed by atoms with van der Waals surface area (Å²) in [5.41, 5.74) is 4.54. The summed E-state index contributed by atoms with van der Waals surface area (Å²) in [6, 6.07) is 9.31. The molecule has 3 aliphatic heterocycles. The van der Waals surface area contributed by atoms with Crippen molar-refractivity contribution >= 4 is 32.4 Å². The van der Waals surface area contributed by atoms with E-state index in [1.807, 2.05) is 31.2 Å². The van der Waals surface area contributed by atoms with Gasteiger partial charge in [0.25, 0.3) is 5.92 Å². The monoisotopic (exact) mass is 570 g/mol. The van der Waals surface area contributed by atoms with Gasteiger partial charge in [-0.2, -0.15) is 0 Å². The Bertz CT molecular complexity index is 1530. The third kappa shape index (κ3) is 5.26. The van der Waals surface area contributed by atoms with Gasteiger partial charge in [-0.05, 0) is 86.1 Å². The highest BCUT2D eigenvalue weighted by atomic mass is 32.2. The summed E-state index contributed by atoms with van der Waals surface area (Å²) in [5.74, 6) is -1.59. The lowest BCUT2D eigenvalue weighted by Crippen LogP contribution is -2.37. The number of anilines is 2. The van der Waals surface area contributed by atoms with E-state index in [1.54, 1.807) is 24.3 Å². The Morgan fingerprint density at radius 1 is 1.07 bits per heavy atom. The highest BCUT2D eigenvalue weighted by Crippen LogP contribution is 2.36. The zero-order chi connectivity index (χ0) is 28.1. The predicted molar refractivity (Wildman–Crippen MR) is 153 cm³/mol. The average Bonchev–Trinajstić information content (AvgIpc) is 3.32. The Labute approximate surface area is 234 Å². The van der Waals surface area contributed by atoms with E-state index in [0.717, 1.165) is 71.5 Å². The molecule has 0 spiro atoms. The van der Waals surface area contributed by atoms with Gasteiger partial charge >= 0.3 is 0 Å². The second kappa shape index (κ2) is 10.5. The Morgan fingerprint density at radius 3 is 2.62 bits per heavy atom. The van der Waals surface area contributed by atoms with Gasteiger partial charge in [0.15, 0.2) is 0 Å². The van der Waals surface area contributed by atoms with Crippen LogP contribution in [0.2, 0.25) is 0 Å². The lowest BCUT2D eigenvalue weighted by molar-refractivity contribution is 0.0257. The van der Waals surface area contributed by atoms with Crippen molar-refractivity contribution in [3.05, 3.63) is 53.3 Å². The highest BCUT2D eigenvalue weighted by Gasteiger charge is 2.38. The van der Waals surface area contributed by atoms with Crippen LogP contribution in [0.5, 0.6) is 0 Å². The van der Waals surface area contributed by atoms with Crippen molar-refractivity contribution in [1.29, 1.82) is 0 Å². The number of sulfonamides is 1. The zero-order valence-corrected chi connectivity index (χ0v) is 23.9. The van der Waals surface area contributed by atoms with Crippen molar-refractivity contribution < 1.29 is 17.2 Å². The molecule has 11 heteroatoms. The molecule has 6 rings (SSSR count). The molecule has 0 bridgehead atoms. The molecular weight excluding hydrogens is 534 g/mol. The number of hydrogen-bond donors (Lipinski definition) is 1. The number of alkyl halides is 2. The van der Waals surface area contributed by atoms with Crippen LogP contribution in [0.1, 0.15) is 36.0 Å². The molecule has 2 fully saturated rings. The zero-order valence-electron chi connectivity index (χ0n) is 23.0. The SMILES string of the molecule is Cc1cc(N2CCC(F)(F)C2)cc2c(N3CCc4ccc(S(=O)(=O)N(C)CC5CCNCC5)cc4C3)ncnc12. The summed E-state index contributed by atoms with van der Waals surface area (Å²) in [6.07, 6.45) is 4.10. The Hall–Kier alpha value is -2.89. The van der Waals surface area contributed by atoms with Crippen LogP contribution in [-0.4, -0.2) is 74.9 Å². The van der Waals surface area contributed by atoms with Crippen LogP contribution in [0, 0.1) is 12.8 Å². The molecule has 4 heterocycles. The lowest BCUT2D eigenvalue weighted by atomic mass is 9.98. The van der Waals surface area contributed by atoms with Gasteiger partial charge in [-0.1, -0.05) is 6.07 Å². The van der Waals surface area contributed by atoms with Gasteiger partial charge in [0.05, 0.1) is 17.0 Å². The second-order valence-corrected chi connectivity index (χ2v) is 13.5. The number of aromatic nitrogens is 2. The largest absolute Gasteiger partial charge is 0.365 e. The summed E-state index contributed by atoms with van der Waals surface area (Å²) in [4.78, 5) is 13.3. The molecule has 3 aromatic rings. The van der Waals surface area contributed by atoms with Crippen LogP contribution in [0.15, 0.2) is 41.6 Å². The molecule has 0 amide bonds. The fourth-order valence-corrected chi connectivity index (χ4v) is 7.58. The molecule has 40 heavy (non-hydrogen) atoms. The first-order chi connectivity index (χ1) is 19.1. The topological polar surface area (TPSA) is 81.7 Å². The molecule has 3 aliphatic rings. The molecule has 1 aromatic heterocycles. The number of aryl methyl sites for hydroxylation is 1. The first-order valence-corrected chi connectivity index (χ1v) is 15.5. The number of nitrogens with zero attached hydrogens (tertiary/aromatic N) is 5. The van der Waals surface area contributed by atoms with Crippen molar-refractivity contribution in [3.8, 4) is 0 Å². The quantitative estimate of drug-likeness (QED) is 0.481. The third-order valence-corrected chi connectivity index (χ3v) is 10.4. The van der Waals surface area contributed by atoms with Crippen LogP contribution in [-0.2, 0) is 23.0 Å². The van der Waals surface area contributed by atoms with Crippen LogP contribution in [0.25, 0.3) is 10.9 Å². The van der Waals surface area contributed by atoms with E-state index >= 15 is 0 Å². The van der Waals surface area contributed by atoms with Gasteiger partial charge in [-0.15, -0.1) is 0 Å². The molecule has 1 N–H and O–H groups in total. The molecule has 0 radical (unpaired) electrons. The maximum Gasteiger partial charge on any atom is 0.266 e. The summed E-state index contributed by atoms with van der Waals surface area (Å²) in [7, 11) is -1.94. The number of piperidine rings is 1. The maximum absolute atomic E-state index is 14.0. The van der Waals surface area contributed by atoms with Crippen molar-refractivity contribution in [2.24, 2.45) is 5.92 Å². The lowest BCUT2D eigenvalue weighted by Gasteiger charge is -2.31. The molecule has 214 valence electrons. The number of halogens is 2. The normalized spacial score (nSPS) is 19.9. The second-order valence-electron chi connectivity index (χ2n) is 11.5.